The van der Waals surface area contributed by atoms with Crippen LogP contribution in [0.2, 0.25) is 0 Å². The van der Waals surface area contributed by atoms with E-state index in [1.54, 1.807) is 7.11 Å². The maximum absolute atomic E-state index is 12.6. The number of carbonyl (C=O) groups is 2. The molecule has 7 heteroatoms. The summed E-state index contributed by atoms with van der Waals surface area (Å²) in [6.07, 6.45) is 2.05. The summed E-state index contributed by atoms with van der Waals surface area (Å²) in [6, 6.07) is 23.0. The Balaban J connectivity index is 1.40. The van der Waals surface area contributed by atoms with E-state index in [9.17, 15) is 9.59 Å². The van der Waals surface area contributed by atoms with Crippen LogP contribution in [-0.2, 0) is 11.3 Å². The number of thioether (sulfide) groups is 1. The predicted octanol–water partition coefficient (Wildman–Crippen LogP) is 5.12. The van der Waals surface area contributed by atoms with Crippen LogP contribution in [-0.4, -0.2) is 35.8 Å². The van der Waals surface area contributed by atoms with E-state index in [0.29, 0.717) is 30.1 Å². The Labute approximate surface area is 203 Å². The monoisotopic (exact) mass is 473 g/mol. The number of nitrogens with zero attached hydrogens (tertiary/aromatic N) is 1. The highest BCUT2D eigenvalue weighted by molar-refractivity contribution is 8.00. The molecule has 2 amide bonds. The predicted molar refractivity (Wildman–Crippen MR) is 138 cm³/mol. The van der Waals surface area contributed by atoms with Gasteiger partial charge in [-0.25, -0.2) is 0 Å². The van der Waals surface area contributed by atoms with E-state index < -0.39 is 0 Å². The molecule has 0 aliphatic carbocycles. The summed E-state index contributed by atoms with van der Waals surface area (Å²) >= 11 is 1.49. The van der Waals surface area contributed by atoms with E-state index in [1.165, 1.54) is 11.8 Å². The summed E-state index contributed by atoms with van der Waals surface area (Å²) in [5.74, 6) is 0.731. The molecule has 4 rings (SSSR count). The standard InChI is InChI=1S/C27H27N3O3S/c1-19-9-3-4-10-20(19)27(32)28-15-16-30-17-25(21-11-5-7-13-23(21)30)34-18-26(31)29-22-12-6-8-14-24(22)33-2/h3-14,17H,15-16,18H2,1-2H3,(H,28,32)(H,29,31). The van der Waals surface area contributed by atoms with Crippen molar-refractivity contribution in [1.82, 2.24) is 9.88 Å². The quantitative estimate of drug-likeness (QED) is 0.331. The lowest BCUT2D eigenvalue weighted by Crippen LogP contribution is -2.27. The number of ether oxygens (including phenoxy) is 1. The SMILES string of the molecule is COc1ccccc1NC(=O)CSc1cn(CCNC(=O)c2ccccc2C)c2ccccc12. The number of carbonyl (C=O) groups excluding carboxylic acids is 2. The molecule has 6 nitrogen and oxygen atoms in total. The van der Waals surface area contributed by atoms with Gasteiger partial charge in [-0.1, -0.05) is 48.5 Å². The first-order valence-corrected chi connectivity index (χ1v) is 12.0. The van der Waals surface area contributed by atoms with Gasteiger partial charge in [-0.15, -0.1) is 11.8 Å². The van der Waals surface area contributed by atoms with Crippen molar-refractivity contribution in [2.75, 3.05) is 24.7 Å². The number of methoxy groups -OCH3 is 1. The molecule has 174 valence electrons. The lowest BCUT2D eigenvalue weighted by molar-refractivity contribution is -0.113. The van der Waals surface area contributed by atoms with Crippen molar-refractivity contribution in [1.29, 1.82) is 0 Å². The van der Waals surface area contributed by atoms with Crippen LogP contribution in [0.5, 0.6) is 5.75 Å². The molecule has 34 heavy (non-hydrogen) atoms. The number of rotatable bonds is 9. The number of fused-ring (bicyclic) bond motifs is 1. The number of aromatic nitrogens is 1. The van der Waals surface area contributed by atoms with Gasteiger partial charge in [-0.2, -0.15) is 0 Å². The Morgan fingerprint density at radius 1 is 0.971 bits per heavy atom. The van der Waals surface area contributed by atoms with E-state index >= 15 is 0 Å². The fourth-order valence-corrected chi connectivity index (χ4v) is 4.69. The molecule has 0 unspecified atom stereocenters. The van der Waals surface area contributed by atoms with Crippen LogP contribution < -0.4 is 15.4 Å². The molecule has 2 N–H and O–H groups in total. The number of anilines is 1. The fourth-order valence-electron chi connectivity index (χ4n) is 3.80. The third kappa shape index (κ3) is 5.43. The van der Waals surface area contributed by atoms with Crippen LogP contribution in [0.3, 0.4) is 0 Å². The van der Waals surface area contributed by atoms with Gasteiger partial charge in [0.05, 0.1) is 18.6 Å². The van der Waals surface area contributed by atoms with Gasteiger partial charge in [-0.3, -0.25) is 9.59 Å². The first-order chi connectivity index (χ1) is 16.6. The summed E-state index contributed by atoms with van der Waals surface area (Å²) in [5, 5.41) is 7.01. The van der Waals surface area contributed by atoms with Gasteiger partial charge in [0.25, 0.3) is 5.91 Å². The van der Waals surface area contributed by atoms with Crippen LogP contribution in [0.1, 0.15) is 15.9 Å². The van der Waals surface area contributed by atoms with Gasteiger partial charge < -0.3 is 19.9 Å². The Morgan fingerprint density at radius 3 is 2.53 bits per heavy atom. The largest absolute Gasteiger partial charge is 0.495 e. The van der Waals surface area contributed by atoms with Crippen molar-refractivity contribution in [3.05, 3.63) is 90.1 Å². The highest BCUT2D eigenvalue weighted by Crippen LogP contribution is 2.30. The lowest BCUT2D eigenvalue weighted by atomic mass is 10.1. The second-order valence-corrected chi connectivity index (χ2v) is 8.83. The maximum Gasteiger partial charge on any atom is 0.251 e. The Kier molecular flexibility index (Phi) is 7.54. The molecule has 3 aromatic carbocycles. The van der Waals surface area contributed by atoms with Crippen molar-refractivity contribution in [3.8, 4) is 5.75 Å². The highest BCUT2D eigenvalue weighted by Gasteiger charge is 2.13. The lowest BCUT2D eigenvalue weighted by Gasteiger charge is -2.09. The summed E-state index contributed by atoms with van der Waals surface area (Å²) in [6.45, 7) is 3.07. The van der Waals surface area contributed by atoms with Crippen LogP contribution >= 0.6 is 11.8 Å². The summed E-state index contributed by atoms with van der Waals surface area (Å²) in [5.41, 5.74) is 3.37. The Bertz CT molecular complexity index is 1320. The van der Waals surface area contributed by atoms with Gasteiger partial charge in [-0.05, 0) is 36.8 Å². The number of nitrogens with one attached hydrogen (secondary N) is 2. The highest BCUT2D eigenvalue weighted by atomic mass is 32.2. The van der Waals surface area contributed by atoms with Crippen molar-refractivity contribution in [3.63, 3.8) is 0 Å². The number of para-hydroxylation sites is 3. The fraction of sp³-hybridized carbons (Fsp3) is 0.185. The van der Waals surface area contributed by atoms with E-state index in [2.05, 4.69) is 27.3 Å². The molecular weight excluding hydrogens is 446 g/mol. The number of aryl methyl sites for hydroxylation is 1. The minimum Gasteiger partial charge on any atom is -0.495 e. The molecule has 0 saturated heterocycles. The van der Waals surface area contributed by atoms with Crippen molar-refractivity contribution < 1.29 is 14.3 Å². The average molecular weight is 474 g/mol. The van der Waals surface area contributed by atoms with Gasteiger partial charge in [0.15, 0.2) is 0 Å². The third-order valence-electron chi connectivity index (χ3n) is 5.52. The van der Waals surface area contributed by atoms with Crippen molar-refractivity contribution in [2.45, 2.75) is 18.4 Å². The smallest absolute Gasteiger partial charge is 0.251 e. The summed E-state index contributed by atoms with van der Waals surface area (Å²) < 4.78 is 7.42. The van der Waals surface area contributed by atoms with E-state index in [-0.39, 0.29) is 17.6 Å². The molecular formula is C27H27N3O3S. The van der Waals surface area contributed by atoms with Gasteiger partial charge in [0, 0.05) is 40.6 Å². The number of amides is 2. The normalized spacial score (nSPS) is 10.8. The minimum absolute atomic E-state index is 0.0721. The number of hydrogen-bond donors (Lipinski definition) is 2. The van der Waals surface area contributed by atoms with E-state index in [0.717, 1.165) is 21.4 Å². The van der Waals surface area contributed by atoms with Crippen molar-refractivity contribution >= 4 is 40.2 Å². The van der Waals surface area contributed by atoms with Crippen LogP contribution in [0, 0.1) is 6.92 Å². The molecule has 0 atom stereocenters. The molecule has 0 aliphatic rings. The van der Waals surface area contributed by atoms with E-state index in [1.807, 2.05) is 73.8 Å². The molecule has 0 fully saturated rings. The van der Waals surface area contributed by atoms with Crippen LogP contribution in [0.4, 0.5) is 5.69 Å². The molecule has 1 heterocycles. The van der Waals surface area contributed by atoms with E-state index in [4.69, 9.17) is 4.74 Å². The number of hydrogen-bond acceptors (Lipinski definition) is 4. The summed E-state index contributed by atoms with van der Waals surface area (Å²) in [4.78, 5) is 26.1. The second-order valence-electron chi connectivity index (χ2n) is 7.81. The molecule has 0 radical (unpaired) electrons. The first kappa shape index (κ1) is 23.4. The molecule has 0 saturated carbocycles. The molecule has 0 bridgehead atoms. The van der Waals surface area contributed by atoms with Gasteiger partial charge >= 0.3 is 0 Å². The molecule has 1 aromatic heterocycles. The van der Waals surface area contributed by atoms with Crippen LogP contribution in [0.25, 0.3) is 10.9 Å². The van der Waals surface area contributed by atoms with Gasteiger partial charge in [0.1, 0.15) is 5.75 Å². The minimum atomic E-state index is -0.100. The topological polar surface area (TPSA) is 72.4 Å². The van der Waals surface area contributed by atoms with Gasteiger partial charge in [0.2, 0.25) is 5.91 Å². The Hall–Kier alpha value is -3.71. The third-order valence-corrected chi connectivity index (χ3v) is 6.56. The molecule has 0 aliphatic heterocycles. The maximum atomic E-state index is 12.6. The zero-order chi connectivity index (χ0) is 23.9. The molecule has 4 aromatic rings. The summed E-state index contributed by atoms with van der Waals surface area (Å²) in [7, 11) is 1.58. The number of benzene rings is 3. The second kappa shape index (κ2) is 10.9. The van der Waals surface area contributed by atoms with Crippen molar-refractivity contribution in [2.24, 2.45) is 0 Å². The molecule has 0 spiro atoms. The van der Waals surface area contributed by atoms with Crippen LogP contribution in [0.15, 0.2) is 83.9 Å². The zero-order valence-corrected chi connectivity index (χ0v) is 20.0. The average Bonchev–Trinajstić information content (AvgIpc) is 3.21. The Morgan fingerprint density at radius 2 is 1.71 bits per heavy atom. The first-order valence-electron chi connectivity index (χ1n) is 11.0. The zero-order valence-electron chi connectivity index (χ0n) is 19.2.